The Morgan fingerprint density at radius 1 is 1.10 bits per heavy atom. The number of nitrogens with zero attached hydrogens (tertiary/aromatic N) is 2. The maximum atomic E-state index is 4.46. The van der Waals surface area contributed by atoms with E-state index in [1.54, 1.807) is 11.1 Å². The molecule has 1 saturated carbocycles. The Morgan fingerprint density at radius 2 is 1.71 bits per heavy atom. The van der Waals surface area contributed by atoms with Crippen LogP contribution in [0, 0.1) is 18.8 Å². The average molecular weight is 281 g/mol. The number of rotatable bonds is 2. The molecule has 2 atom stereocenters. The van der Waals surface area contributed by atoms with Crippen LogP contribution in [-0.2, 0) is 19.9 Å². The predicted octanol–water partition coefficient (Wildman–Crippen LogP) is 3.33. The molecule has 0 spiro atoms. The summed E-state index contributed by atoms with van der Waals surface area (Å²) in [5.41, 5.74) is 5.46. The topological polar surface area (TPSA) is 29.9 Å². The van der Waals surface area contributed by atoms with Gasteiger partial charge < -0.3 is 5.32 Å². The van der Waals surface area contributed by atoms with E-state index in [2.05, 4.69) is 47.8 Å². The molecule has 1 heterocycles. The van der Waals surface area contributed by atoms with Crippen LogP contribution < -0.4 is 5.32 Å². The fraction of sp³-hybridized carbons (Fsp3) is 0.500. The van der Waals surface area contributed by atoms with Crippen molar-refractivity contribution in [3.63, 3.8) is 0 Å². The number of benzene rings is 1. The minimum atomic E-state index is 0.598. The van der Waals surface area contributed by atoms with Crippen LogP contribution in [0.5, 0.6) is 0 Å². The summed E-state index contributed by atoms with van der Waals surface area (Å²) in [5, 5.41) is 8.29. The lowest BCUT2D eigenvalue weighted by molar-refractivity contribution is 0.449. The summed E-state index contributed by atoms with van der Waals surface area (Å²) in [6.45, 7) is 2.09. The molecule has 2 aliphatic rings. The van der Waals surface area contributed by atoms with E-state index in [9.17, 15) is 0 Å². The second-order valence-electron chi connectivity index (χ2n) is 6.75. The summed E-state index contributed by atoms with van der Waals surface area (Å²) in [5.74, 6) is 1.52. The first-order valence-corrected chi connectivity index (χ1v) is 8.04. The molecular weight excluding hydrogens is 258 g/mol. The quantitative estimate of drug-likeness (QED) is 0.915. The fourth-order valence-electron chi connectivity index (χ4n) is 4.31. The molecule has 0 aliphatic heterocycles. The molecule has 2 aromatic rings. The van der Waals surface area contributed by atoms with Gasteiger partial charge in [0.2, 0.25) is 0 Å². The summed E-state index contributed by atoms with van der Waals surface area (Å²) < 4.78 is 1.91. The lowest BCUT2D eigenvalue weighted by Crippen LogP contribution is -2.31. The van der Waals surface area contributed by atoms with Gasteiger partial charge in [-0.15, -0.1) is 0 Å². The molecule has 0 radical (unpaired) electrons. The van der Waals surface area contributed by atoms with Crippen LogP contribution in [0.25, 0.3) is 0 Å². The van der Waals surface area contributed by atoms with E-state index >= 15 is 0 Å². The van der Waals surface area contributed by atoms with E-state index in [1.165, 1.54) is 31.4 Å². The van der Waals surface area contributed by atoms with Crippen molar-refractivity contribution in [3.8, 4) is 0 Å². The molecule has 0 amide bonds. The summed E-state index contributed by atoms with van der Waals surface area (Å²) >= 11 is 0. The molecule has 4 rings (SSSR count). The summed E-state index contributed by atoms with van der Waals surface area (Å²) in [6, 6.07) is 9.61. The van der Waals surface area contributed by atoms with Gasteiger partial charge in [-0.25, -0.2) is 0 Å². The molecule has 1 aromatic carbocycles. The first kappa shape index (κ1) is 12.9. The van der Waals surface area contributed by atoms with E-state index in [0.29, 0.717) is 6.04 Å². The molecule has 0 saturated heterocycles. The Labute approximate surface area is 126 Å². The fourth-order valence-corrected chi connectivity index (χ4v) is 4.31. The standard InChI is InChI=1S/C18H23N3/c1-12-17(11-21(2)20-12)19-18-15-7-8-16(18)10-14-6-4-3-5-13(14)9-15/h3-6,11,15-16,18-19H,7-10H2,1-2H3. The zero-order valence-corrected chi connectivity index (χ0v) is 12.8. The molecule has 3 nitrogen and oxygen atoms in total. The second-order valence-corrected chi connectivity index (χ2v) is 6.75. The number of hydrogen-bond donors (Lipinski definition) is 1. The van der Waals surface area contributed by atoms with Crippen LogP contribution in [0.2, 0.25) is 0 Å². The third-order valence-electron chi connectivity index (χ3n) is 5.34. The van der Waals surface area contributed by atoms with E-state index in [0.717, 1.165) is 17.5 Å². The maximum absolute atomic E-state index is 4.46. The van der Waals surface area contributed by atoms with Crippen LogP contribution in [0.15, 0.2) is 30.5 Å². The first-order valence-electron chi connectivity index (χ1n) is 8.04. The van der Waals surface area contributed by atoms with Gasteiger partial charge in [0.1, 0.15) is 0 Å². The normalized spacial score (nSPS) is 27.2. The highest BCUT2D eigenvalue weighted by Crippen LogP contribution is 2.41. The lowest BCUT2D eigenvalue weighted by atomic mass is 9.94. The van der Waals surface area contributed by atoms with Crippen molar-refractivity contribution in [2.24, 2.45) is 18.9 Å². The summed E-state index contributed by atoms with van der Waals surface area (Å²) in [4.78, 5) is 0. The third-order valence-corrected chi connectivity index (χ3v) is 5.34. The van der Waals surface area contributed by atoms with Crippen molar-refractivity contribution < 1.29 is 0 Å². The van der Waals surface area contributed by atoms with Crippen molar-refractivity contribution in [1.82, 2.24) is 9.78 Å². The number of aromatic nitrogens is 2. The van der Waals surface area contributed by atoms with Gasteiger partial charge in [-0.3, -0.25) is 4.68 Å². The third kappa shape index (κ3) is 2.25. The second kappa shape index (κ2) is 4.90. The monoisotopic (exact) mass is 281 g/mol. The Morgan fingerprint density at radius 3 is 2.24 bits per heavy atom. The summed E-state index contributed by atoms with van der Waals surface area (Å²) in [6.07, 6.45) is 7.28. The number of aryl methyl sites for hydroxylation is 2. The maximum Gasteiger partial charge on any atom is 0.0825 e. The zero-order chi connectivity index (χ0) is 14.4. The highest BCUT2D eigenvalue weighted by Gasteiger charge is 2.39. The highest BCUT2D eigenvalue weighted by molar-refractivity contribution is 5.47. The van der Waals surface area contributed by atoms with Gasteiger partial charge in [0.05, 0.1) is 11.4 Å². The van der Waals surface area contributed by atoms with Crippen molar-refractivity contribution >= 4 is 5.69 Å². The molecular formula is C18H23N3. The van der Waals surface area contributed by atoms with Crippen LogP contribution in [-0.4, -0.2) is 15.8 Å². The number of fused-ring (bicyclic) bond motifs is 3. The molecule has 110 valence electrons. The van der Waals surface area contributed by atoms with Crippen molar-refractivity contribution in [3.05, 3.63) is 47.3 Å². The lowest BCUT2D eigenvalue weighted by Gasteiger charge is -2.24. The largest absolute Gasteiger partial charge is 0.379 e. The van der Waals surface area contributed by atoms with E-state index in [-0.39, 0.29) is 0 Å². The van der Waals surface area contributed by atoms with Gasteiger partial charge >= 0.3 is 0 Å². The zero-order valence-electron chi connectivity index (χ0n) is 12.8. The van der Waals surface area contributed by atoms with E-state index < -0.39 is 0 Å². The predicted molar refractivity (Wildman–Crippen MR) is 85.4 cm³/mol. The number of anilines is 1. The molecule has 2 unspecified atom stereocenters. The smallest absolute Gasteiger partial charge is 0.0825 e. The van der Waals surface area contributed by atoms with Crippen molar-refractivity contribution in [2.75, 3.05) is 5.32 Å². The van der Waals surface area contributed by atoms with Crippen LogP contribution in [0.4, 0.5) is 5.69 Å². The Bertz CT molecular complexity index is 625. The molecule has 1 N–H and O–H groups in total. The Balaban J connectivity index is 1.62. The molecule has 3 heteroatoms. The minimum Gasteiger partial charge on any atom is -0.379 e. The number of nitrogens with one attached hydrogen (secondary N) is 1. The van der Waals surface area contributed by atoms with Crippen molar-refractivity contribution in [2.45, 2.75) is 38.6 Å². The first-order chi connectivity index (χ1) is 10.2. The highest BCUT2D eigenvalue weighted by atomic mass is 15.3. The number of hydrogen-bond acceptors (Lipinski definition) is 2. The molecule has 2 aliphatic carbocycles. The molecule has 1 aromatic heterocycles. The van der Waals surface area contributed by atoms with Crippen LogP contribution in [0.1, 0.15) is 29.7 Å². The van der Waals surface area contributed by atoms with Crippen LogP contribution in [0.3, 0.4) is 0 Å². The van der Waals surface area contributed by atoms with Gasteiger partial charge in [-0.1, -0.05) is 24.3 Å². The van der Waals surface area contributed by atoms with Gasteiger partial charge in [0, 0.05) is 19.3 Å². The Hall–Kier alpha value is -1.77. The van der Waals surface area contributed by atoms with Crippen molar-refractivity contribution in [1.29, 1.82) is 0 Å². The van der Waals surface area contributed by atoms with Gasteiger partial charge in [-0.2, -0.15) is 5.10 Å². The summed E-state index contributed by atoms with van der Waals surface area (Å²) in [7, 11) is 2.00. The average Bonchev–Trinajstić information content (AvgIpc) is 2.90. The SMILES string of the molecule is Cc1nn(C)cc1NC1C2CCC1Cc1ccccc1C2. The van der Waals surface area contributed by atoms with Gasteiger partial charge in [0.25, 0.3) is 0 Å². The minimum absolute atomic E-state index is 0.598. The van der Waals surface area contributed by atoms with E-state index in [1.807, 2.05) is 11.7 Å². The molecule has 21 heavy (non-hydrogen) atoms. The Kier molecular flexibility index (Phi) is 3.02. The van der Waals surface area contributed by atoms with Gasteiger partial charge in [-0.05, 0) is 55.6 Å². The van der Waals surface area contributed by atoms with Gasteiger partial charge in [0.15, 0.2) is 0 Å². The van der Waals surface area contributed by atoms with E-state index in [4.69, 9.17) is 0 Å². The molecule has 2 bridgehead atoms. The van der Waals surface area contributed by atoms with Crippen LogP contribution >= 0.6 is 0 Å². The molecule has 1 fully saturated rings.